The van der Waals surface area contributed by atoms with Gasteiger partial charge in [-0.1, -0.05) is 44.9 Å². The maximum Gasteiger partial charge on any atom is 0.251 e. The van der Waals surface area contributed by atoms with Gasteiger partial charge in [0.2, 0.25) is 16.9 Å². The van der Waals surface area contributed by atoms with Crippen molar-refractivity contribution in [3.63, 3.8) is 0 Å². The highest BCUT2D eigenvalue weighted by molar-refractivity contribution is 9.10. The Morgan fingerprint density at radius 2 is 1.97 bits per heavy atom. The van der Waals surface area contributed by atoms with E-state index in [0.29, 0.717) is 45.9 Å². The van der Waals surface area contributed by atoms with Gasteiger partial charge in [-0.2, -0.15) is 0 Å². The van der Waals surface area contributed by atoms with Gasteiger partial charge in [-0.05, 0) is 42.5 Å². The zero-order valence-corrected chi connectivity index (χ0v) is 20.4. The highest BCUT2D eigenvalue weighted by Gasteiger charge is 2.35. The Morgan fingerprint density at radius 1 is 1.18 bits per heavy atom. The van der Waals surface area contributed by atoms with Gasteiger partial charge >= 0.3 is 0 Å². The summed E-state index contributed by atoms with van der Waals surface area (Å²) in [5.41, 5.74) is 1.27. The second-order valence-corrected chi connectivity index (χ2v) is 9.80. The van der Waals surface area contributed by atoms with Crippen molar-refractivity contribution in [2.45, 2.75) is 12.8 Å². The van der Waals surface area contributed by atoms with E-state index in [9.17, 15) is 14.4 Å². The number of nitrogens with one attached hydrogen (secondary N) is 2. The van der Waals surface area contributed by atoms with Crippen LogP contribution >= 0.6 is 38.9 Å². The van der Waals surface area contributed by atoms with Crippen molar-refractivity contribution in [3.05, 3.63) is 68.6 Å². The van der Waals surface area contributed by atoms with Gasteiger partial charge in [-0.25, -0.2) is 0 Å². The smallest absolute Gasteiger partial charge is 0.251 e. The minimum Gasteiger partial charge on any atom is -0.352 e. The van der Waals surface area contributed by atoms with Crippen LogP contribution in [0.4, 0.5) is 10.8 Å². The van der Waals surface area contributed by atoms with Gasteiger partial charge in [0.1, 0.15) is 5.01 Å². The monoisotopic (exact) mass is 547 g/mol. The number of halogens is 2. The summed E-state index contributed by atoms with van der Waals surface area (Å²) in [4.78, 5) is 38.8. The lowest BCUT2D eigenvalue weighted by Gasteiger charge is -2.16. The maximum atomic E-state index is 12.7. The van der Waals surface area contributed by atoms with Gasteiger partial charge in [0.15, 0.2) is 0 Å². The molecule has 0 saturated carbocycles. The van der Waals surface area contributed by atoms with Crippen molar-refractivity contribution in [2.24, 2.45) is 5.92 Å². The van der Waals surface area contributed by atoms with E-state index >= 15 is 0 Å². The van der Waals surface area contributed by atoms with Crippen LogP contribution in [-0.4, -0.2) is 41.0 Å². The molecule has 1 fully saturated rings. The highest BCUT2D eigenvalue weighted by atomic mass is 79.9. The van der Waals surface area contributed by atoms with Gasteiger partial charge in [-0.15, -0.1) is 10.2 Å². The average molecular weight is 549 g/mol. The number of carbonyl (C=O) groups is 3. The topological polar surface area (TPSA) is 104 Å². The van der Waals surface area contributed by atoms with Crippen molar-refractivity contribution < 1.29 is 14.4 Å². The molecule has 1 saturated heterocycles. The number of hydrogen-bond donors (Lipinski definition) is 2. The zero-order valence-electron chi connectivity index (χ0n) is 17.3. The van der Waals surface area contributed by atoms with E-state index in [2.05, 4.69) is 36.8 Å². The Kier molecular flexibility index (Phi) is 7.36. The fourth-order valence-corrected chi connectivity index (χ4v) is 4.65. The lowest BCUT2D eigenvalue weighted by atomic mass is 10.1. The Balaban J connectivity index is 1.27. The van der Waals surface area contributed by atoms with Gasteiger partial charge in [-0.3, -0.25) is 14.4 Å². The van der Waals surface area contributed by atoms with Crippen LogP contribution < -0.4 is 15.5 Å². The number of anilines is 2. The zero-order chi connectivity index (χ0) is 23.4. The maximum absolute atomic E-state index is 12.7. The van der Waals surface area contributed by atoms with Crippen molar-refractivity contribution in [3.8, 4) is 0 Å². The first-order valence-corrected chi connectivity index (χ1v) is 12.1. The molecule has 170 valence electrons. The Morgan fingerprint density at radius 3 is 2.73 bits per heavy atom. The molecular formula is C22H19BrClN5O3S. The Bertz CT molecular complexity index is 1190. The van der Waals surface area contributed by atoms with E-state index < -0.39 is 5.92 Å². The second kappa shape index (κ2) is 10.4. The number of amides is 3. The highest BCUT2D eigenvalue weighted by Crippen LogP contribution is 2.27. The van der Waals surface area contributed by atoms with Crippen LogP contribution in [0.15, 0.2) is 53.0 Å². The molecule has 2 heterocycles. The molecule has 1 aromatic heterocycles. The molecule has 0 spiro atoms. The summed E-state index contributed by atoms with van der Waals surface area (Å²) >= 11 is 10.5. The summed E-state index contributed by atoms with van der Waals surface area (Å²) < 4.78 is 0.833. The van der Waals surface area contributed by atoms with Gasteiger partial charge in [0, 0.05) is 46.7 Å². The molecule has 2 N–H and O–H groups in total. The first-order chi connectivity index (χ1) is 15.9. The van der Waals surface area contributed by atoms with Crippen LogP contribution in [-0.2, 0) is 16.0 Å². The predicted octanol–water partition coefficient (Wildman–Crippen LogP) is 3.92. The van der Waals surface area contributed by atoms with Gasteiger partial charge in [0.25, 0.3) is 5.91 Å². The minimum absolute atomic E-state index is 0.114. The van der Waals surface area contributed by atoms with Crippen LogP contribution in [0.2, 0.25) is 5.02 Å². The van der Waals surface area contributed by atoms with Gasteiger partial charge < -0.3 is 15.5 Å². The SMILES string of the molecule is O=C(NCCc1nnc(NC(=O)C2CC(=O)N(c3ccc(Cl)cc3)C2)s1)c1cccc(Br)c1. The molecule has 3 amide bonds. The summed E-state index contributed by atoms with van der Waals surface area (Å²) in [7, 11) is 0. The summed E-state index contributed by atoms with van der Waals surface area (Å²) in [5.74, 6) is -1.04. The lowest BCUT2D eigenvalue weighted by molar-refractivity contribution is -0.122. The molecule has 2 aromatic carbocycles. The second-order valence-electron chi connectivity index (χ2n) is 7.39. The average Bonchev–Trinajstić information content (AvgIpc) is 3.40. The quantitative estimate of drug-likeness (QED) is 0.466. The van der Waals surface area contributed by atoms with E-state index in [1.54, 1.807) is 47.4 Å². The van der Waals surface area contributed by atoms with Crippen LogP contribution in [0, 0.1) is 5.92 Å². The summed E-state index contributed by atoms with van der Waals surface area (Å²) in [6.45, 7) is 0.681. The van der Waals surface area contributed by atoms with Crippen LogP contribution in [0.3, 0.4) is 0 Å². The lowest BCUT2D eigenvalue weighted by Crippen LogP contribution is -2.28. The molecule has 3 aromatic rings. The van der Waals surface area contributed by atoms with Gasteiger partial charge in [0.05, 0.1) is 5.92 Å². The largest absolute Gasteiger partial charge is 0.352 e. The number of hydrogen-bond acceptors (Lipinski definition) is 6. The molecular weight excluding hydrogens is 530 g/mol. The van der Waals surface area contributed by atoms with Crippen LogP contribution in [0.5, 0.6) is 0 Å². The molecule has 1 aliphatic heterocycles. The number of rotatable bonds is 7. The first kappa shape index (κ1) is 23.3. The first-order valence-electron chi connectivity index (χ1n) is 10.1. The van der Waals surface area contributed by atoms with E-state index in [4.69, 9.17) is 11.6 Å². The van der Waals surface area contributed by atoms with Crippen molar-refractivity contribution in [1.29, 1.82) is 0 Å². The third-order valence-electron chi connectivity index (χ3n) is 5.04. The molecule has 0 bridgehead atoms. The fraction of sp³-hybridized carbons (Fsp3) is 0.227. The third kappa shape index (κ3) is 5.95. The fourth-order valence-electron chi connectivity index (χ4n) is 3.38. The van der Waals surface area contributed by atoms with E-state index in [1.165, 1.54) is 11.3 Å². The summed E-state index contributed by atoms with van der Waals surface area (Å²) in [6.07, 6.45) is 0.612. The van der Waals surface area contributed by atoms with Crippen molar-refractivity contribution in [1.82, 2.24) is 15.5 Å². The number of aromatic nitrogens is 2. The van der Waals surface area contributed by atoms with Crippen LogP contribution in [0.1, 0.15) is 21.8 Å². The van der Waals surface area contributed by atoms with Crippen LogP contribution in [0.25, 0.3) is 0 Å². The predicted molar refractivity (Wildman–Crippen MR) is 131 cm³/mol. The molecule has 1 unspecified atom stereocenters. The van der Waals surface area contributed by atoms with E-state index in [0.717, 1.165) is 4.47 Å². The molecule has 33 heavy (non-hydrogen) atoms. The molecule has 0 radical (unpaired) electrons. The third-order valence-corrected chi connectivity index (χ3v) is 6.69. The van der Waals surface area contributed by atoms with E-state index in [1.807, 2.05) is 6.07 Å². The van der Waals surface area contributed by atoms with Crippen molar-refractivity contribution in [2.75, 3.05) is 23.3 Å². The summed E-state index contributed by atoms with van der Waals surface area (Å²) in [6, 6.07) is 14.1. The molecule has 4 rings (SSSR count). The Labute approximate surface area is 207 Å². The minimum atomic E-state index is -0.481. The summed E-state index contributed by atoms with van der Waals surface area (Å²) in [5, 5.41) is 15.3. The molecule has 1 aliphatic rings. The molecule has 1 atom stereocenters. The molecule has 8 nitrogen and oxygen atoms in total. The molecule has 0 aliphatic carbocycles. The number of nitrogens with zero attached hydrogens (tertiary/aromatic N) is 3. The van der Waals surface area contributed by atoms with E-state index in [-0.39, 0.29) is 24.1 Å². The standard InChI is InChI=1S/C22H19BrClN5O3S/c23-15-3-1-2-13(10-15)20(31)25-9-8-18-27-28-22(33-18)26-21(32)14-11-19(30)29(12-14)17-6-4-16(24)5-7-17/h1-7,10,14H,8-9,11-12H2,(H,25,31)(H,26,28,32). The molecule has 11 heteroatoms. The number of carbonyl (C=O) groups excluding carboxylic acids is 3. The number of benzene rings is 2. The Hall–Kier alpha value is -2.82. The van der Waals surface area contributed by atoms with Crippen molar-refractivity contribution >= 4 is 67.4 Å². The normalized spacial score (nSPS) is 15.5.